The summed E-state index contributed by atoms with van der Waals surface area (Å²) in [7, 11) is -3.50. The molecule has 0 spiro atoms. The van der Waals surface area contributed by atoms with Gasteiger partial charge in [-0.1, -0.05) is 49.9 Å². The van der Waals surface area contributed by atoms with E-state index in [0.29, 0.717) is 32.6 Å². The maximum atomic E-state index is 13.6. The van der Waals surface area contributed by atoms with Crippen molar-refractivity contribution in [3.05, 3.63) is 47.5 Å². The zero-order valence-corrected chi connectivity index (χ0v) is 19.7. The zero-order chi connectivity index (χ0) is 22.6. The molecule has 1 atom stereocenters. The van der Waals surface area contributed by atoms with Gasteiger partial charge < -0.3 is 9.64 Å². The van der Waals surface area contributed by atoms with E-state index in [1.165, 1.54) is 19.3 Å². The van der Waals surface area contributed by atoms with Crippen LogP contribution in [0.5, 0.6) is 0 Å². The number of carbonyl (C=O) groups is 1. The van der Waals surface area contributed by atoms with E-state index in [9.17, 15) is 13.2 Å². The first-order valence-electron chi connectivity index (χ1n) is 11.7. The fourth-order valence-electron chi connectivity index (χ4n) is 5.10. The van der Waals surface area contributed by atoms with Crippen LogP contribution in [0, 0.1) is 0 Å². The average Bonchev–Trinajstić information content (AvgIpc) is 2.97. The monoisotopic (exact) mass is 459 g/mol. The minimum Gasteiger partial charge on any atom is -0.379 e. The lowest BCUT2D eigenvalue weighted by Crippen LogP contribution is -2.48. The Balaban J connectivity index is 1.72. The Morgan fingerprint density at radius 2 is 1.72 bits per heavy atom. The first kappa shape index (κ1) is 23.2. The molecule has 4 rings (SSSR count). The molecule has 2 aromatic carbocycles. The van der Waals surface area contributed by atoms with Crippen LogP contribution in [-0.4, -0.2) is 51.8 Å². The molecule has 0 aromatic heterocycles. The van der Waals surface area contributed by atoms with E-state index in [0.717, 1.165) is 47.4 Å². The van der Waals surface area contributed by atoms with E-state index in [1.54, 1.807) is 0 Å². The SMILES string of the molecule is CS(=O)(=O)OCCCC12COCCCCCCCCN1C(=O)c1cc3ccccc3cc12. The minimum atomic E-state index is -3.50. The van der Waals surface area contributed by atoms with Crippen molar-refractivity contribution >= 4 is 26.8 Å². The number of fused-ring (bicyclic) bond motifs is 4. The highest BCUT2D eigenvalue weighted by atomic mass is 32.2. The van der Waals surface area contributed by atoms with Gasteiger partial charge in [0.1, 0.15) is 0 Å². The Kier molecular flexibility index (Phi) is 7.17. The Morgan fingerprint density at radius 1 is 1.03 bits per heavy atom. The molecule has 6 nitrogen and oxygen atoms in total. The van der Waals surface area contributed by atoms with Crippen molar-refractivity contribution in [3.63, 3.8) is 0 Å². The van der Waals surface area contributed by atoms with E-state index in [2.05, 4.69) is 12.1 Å². The highest BCUT2D eigenvalue weighted by Gasteiger charge is 2.49. The standard InChI is InChI=1S/C25H33NO5S/c1-32(28,29)31-16-10-13-25-19-30-15-9-5-3-2-4-8-14-26(25)24(27)22-17-20-11-6-7-12-21(20)18-23(22)25/h6-7,11-12,17-18H,2-5,8-10,13-16,19H2,1H3. The smallest absolute Gasteiger partial charge is 0.264 e. The molecule has 2 aromatic rings. The molecule has 32 heavy (non-hydrogen) atoms. The zero-order valence-electron chi connectivity index (χ0n) is 18.8. The van der Waals surface area contributed by atoms with Crippen LogP contribution in [0.3, 0.4) is 0 Å². The van der Waals surface area contributed by atoms with Gasteiger partial charge in [-0.05, 0) is 54.2 Å². The van der Waals surface area contributed by atoms with E-state index in [4.69, 9.17) is 8.92 Å². The molecule has 0 bridgehead atoms. The third kappa shape index (κ3) is 5.00. The molecule has 0 radical (unpaired) electrons. The molecule has 0 N–H and O–H groups in total. The van der Waals surface area contributed by atoms with Crippen LogP contribution >= 0.6 is 0 Å². The number of amides is 1. The number of nitrogens with zero attached hydrogens (tertiary/aromatic N) is 1. The summed E-state index contributed by atoms with van der Waals surface area (Å²) in [6.07, 6.45) is 8.82. The largest absolute Gasteiger partial charge is 0.379 e. The van der Waals surface area contributed by atoms with E-state index >= 15 is 0 Å². The fourth-order valence-corrected chi connectivity index (χ4v) is 5.52. The summed E-state index contributed by atoms with van der Waals surface area (Å²) in [5, 5.41) is 2.15. The normalized spacial score (nSPS) is 22.8. The summed E-state index contributed by atoms with van der Waals surface area (Å²) in [5.41, 5.74) is 1.14. The highest BCUT2D eigenvalue weighted by molar-refractivity contribution is 7.85. The van der Waals surface area contributed by atoms with Gasteiger partial charge >= 0.3 is 0 Å². The molecule has 1 amide bonds. The molecule has 1 unspecified atom stereocenters. The van der Waals surface area contributed by atoms with Crippen LogP contribution < -0.4 is 0 Å². The van der Waals surface area contributed by atoms with Crippen LogP contribution in [0.4, 0.5) is 0 Å². The average molecular weight is 460 g/mol. The van der Waals surface area contributed by atoms with E-state index in [-0.39, 0.29) is 12.5 Å². The number of rotatable bonds is 5. The first-order chi connectivity index (χ1) is 15.4. The van der Waals surface area contributed by atoms with Crippen LogP contribution in [-0.2, 0) is 24.6 Å². The Hall–Kier alpha value is -1.96. The number of ether oxygens (including phenoxy) is 1. The topological polar surface area (TPSA) is 72.9 Å². The number of carbonyl (C=O) groups excluding carboxylic acids is 1. The maximum absolute atomic E-state index is 13.6. The van der Waals surface area contributed by atoms with Gasteiger partial charge in [0.05, 0.1) is 25.0 Å². The van der Waals surface area contributed by atoms with Gasteiger partial charge in [-0.2, -0.15) is 8.42 Å². The summed E-state index contributed by atoms with van der Waals surface area (Å²) in [6.45, 7) is 1.88. The summed E-state index contributed by atoms with van der Waals surface area (Å²) in [4.78, 5) is 15.6. The lowest BCUT2D eigenvalue weighted by atomic mass is 9.84. The van der Waals surface area contributed by atoms with Crippen molar-refractivity contribution < 1.29 is 22.1 Å². The molecular formula is C25H33NO5S. The highest BCUT2D eigenvalue weighted by Crippen LogP contribution is 2.45. The third-order valence-corrected chi connectivity index (χ3v) is 7.27. The molecule has 2 aliphatic rings. The van der Waals surface area contributed by atoms with Crippen molar-refractivity contribution in [1.82, 2.24) is 4.90 Å². The van der Waals surface area contributed by atoms with Crippen molar-refractivity contribution in [2.24, 2.45) is 0 Å². The summed E-state index contributed by atoms with van der Waals surface area (Å²) in [5.74, 6) is 0.0513. The van der Waals surface area contributed by atoms with Crippen LogP contribution in [0.2, 0.25) is 0 Å². The van der Waals surface area contributed by atoms with Gasteiger partial charge in [-0.25, -0.2) is 0 Å². The predicted molar refractivity (Wildman–Crippen MR) is 125 cm³/mol. The molecule has 7 heteroatoms. The molecule has 2 heterocycles. The molecule has 0 saturated carbocycles. The molecule has 0 aliphatic carbocycles. The summed E-state index contributed by atoms with van der Waals surface area (Å²) >= 11 is 0. The lowest BCUT2D eigenvalue weighted by Gasteiger charge is -2.40. The van der Waals surface area contributed by atoms with E-state index < -0.39 is 15.7 Å². The molecule has 174 valence electrons. The quantitative estimate of drug-likeness (QED) is 0.482. The third-order valence-electron chi connectivity index (χ3n) is 6.67. The molecular weight excluding hydrogens is 426 g/mol. The second-order valence-electron chi connectivity index (χ2n) is 9.04. The molecule has 1 fully saturated rings. The number of hydrogen-bond acceptors (Lipinski definition) is 5. The van der Waals surface area contributed by atoms with Crippen LogP contribution in [0.25, 0.3) is 10.8 Å². The molecule has 2 aliphatic heterocycles. The fraction of sp³-hybridized carbons (Fsp3) is 0.560. The van der Waals surface area contributed by atoms with Crippen LogP contribution in [0.1, 0.15) is 67.3 Å². The van der Waals surface area contributed by atoms with Gasteiger partial charge in [-0.3, -0.25) is 8.98 Å². The van der Waals surface area contributed by atoms with Gasteiger partial charge in [0.25, 0.3) is 16.0 Å². The Labute approximate surface area is 191 Å². The van der Waals surface area contributed by atoms with Crippen molar-refractivity contribution in [3.8, 4) is 0 Å². The second kappa shape index (κ2) is 9.89. The predicted octanol–water partition coefficient (Wildman–Crippen LogP) is 4.62. The van der Waals surface area contributed by atoms with Gasteiger partial charge in [0, 0.05) is 18.7 Å². The van der Waals surface area contributed by atoms with Gasteiger partial charge in [-0.15, -0.1) is 0 Å². The van der Waals surface area contributed by atoms with E-state index in [1.807, 2.05) is 29.2 Å². The maximum Gasteiger partial charge on any atom is 0.264 e. The van der Waals surface area contributed by atoms with Crippen LogP contribution in [0.15, 0.2) is 36.4 Å². The molecule has 1 saturated heterocycles. The number of hydrogen-bond donors (Lipinski definition) is 0. The van der Waals surface area contributed by atoms with Crippen molar-refractivity contribution in [2.75, 3.05) is 32.6 Å². The van der Waals surface area contributed by atoms with Crippen molar-refractivity contribution in [2.45, 2.75) is 56.9 Å². The van der Waals surface area contributed by atoms with Gasteiger partial charge in [0.2, 0.25) is 0 Å². The first-order valence-corrected chi connectivity index (χ1v) is 13.5. The van der Waals surface area contributed by atoms with Crippen molar-refractivity contribution in [1.29, 1.82) is 0 Å². The minimum absolute atomic E-state index is 0.0513. The van der Waals surface area contributed by atoms with Gasteiger partial charge in [0.15, 0.2) is 0 Å². The number of benzene rings is 2. The Morgan fingerprint density at radius 3 is 2.47 bits per heavy atom. The Bertz CT molecular complexity index is 1070. The lowest BCUT2D eigenvalue weighted by molar-refractivity contribution is -0.00633. The summed E-state index contributed by atoms with van der Waals surface area (Å²) < 4.78 is 34.1. The second-order valence-corrected chi connectivity index (χ2v) is 10.7. The summed E-state index contributed by atoms with van der Waals surface area (Å²) in [6, 6.07) is 12.2.